The van der Waals surface area contributed by atoms with Gasteiger partial charge in [0, 0.05) is 6.20 Å². The number of pyridine rings is 1. The number of halogens is 1. The predicted octanol–water partition coefficient (Wildman–Crippen LogP) is 2.12. The molecule has 0 aromatic carbocycles. The highest BCUT2D eigenvalue weighted by Gasteiger charge is 2.09. The van der Waals surface area contributed by atoms with Crippen LogP contribution in [0.15, 0.2) is 18.3 Å². The molecular weight excluding hydrogens is 212 g/mol. The van der Waals surface area contributed by atoms with Gasteiger partial charge in [-0.1, -0.05) is 11.6 Å². The summed E-state index contributed by atoms with van der Waals surface area (Å²) in [5.74, 6) is 0.719. The second-order valence-electron chi connectivity index (χ2n) is 3.33. The Morgan fingerprint density at radius 2 is 2.07 bits per heavy atom. The van der Waals surface area contributed by atoms with E-state index in [0.29, 0.717) is 10.7 Å². The standard InChI is InChI=1S/C10H11ClN4/c1-6-10(12)7(2)15(14-6)9-4-3-8(11)5-13-9/h3-5H,12H2,1-2H3. The number of aryl methyl sites for hydroxylation is 1. The van der Waals surface area contributed by atoms with Crippen LogP contribution in [0, 0.1) is 13.8 Å². The third-order valence-corrected chi connectivity index (χ3v) is 2.50. The first-order valence-electron chi connectivity index (χ1n) is 4.53. The van der Waals surface area contributed by atoms with E-state index in [1.807, 2.05) is 13.8 Å². The lowest BCUT2D eigenvalue weighted by Crippen LogP contribution is -2.01. The highest BCUT2D eigenvalue weighted by molar-refractivity contribution is 6.30. The molecule has 0 saturated heterocycles. The van der Waals surface area contributed by atoms with Crippen molar-refractivity contribution in [2.75, 3.05) is 5.73 Å². The number of nitrogens with zero attached hydrogens (tertiary/aromatic N) is 3. The van der Waals surface area contributed by atoms with Gasteiger partial charge in [0.15, 0.2) is 5.82 Å². The lowest BCUT2D eigenvalue weighted by molar-refractivity contribution is 0.806. The molecule has 15 heavy (non-hydrogen) atoms. The van der Waals surface area contributed by atoms with Crippen molar-refractivity contribution in [1.29, 1.82) is 0 Å². The normalized spacial score (nSPS) is 10.6. The molecule has 2 heterocycles. The molecule has 4 nitrogen and oxygen atoms in total. The zero-order valence-electron chi connectivity index (χ0n) is 8.53. The van der Waals surface area contributed by atoms with Crippen LogP contribution in [0.3, 0.4) is 0 Å². The van der Waals surface area contributed by atoms with Crippen molar-refractivity contribution >= 4 is 17.3 Å². The topological polar surface area (TPSA) is 56.7 Å². The Labute approximate surface area is 92.7 Å². The zero-order valence-corrected chi connectivity index (χ0v) is 9.28. The van der Waals surface area contributed by atoms with Crippen molar-refractivity contribution in [3.63, 3.8) is 0 Å². The fourth-order valence-electron chi connectivity index (χ4n) is 1.37. The fourth-order valence-corrected chi connectivity index (χ4v) is 1.48. The number of hydrogen-bond donors (Lipinski definition) is 1. The average molecular weight is 223 g/mol. The van der Waals surface area contributed by atoms with Crippen LogP contribution < -0.4 is 5.73 Å². The first-order chi connectivity index (χ1) is 7.09. The first kappa shape index (κ1) is 9.98. The molecule has 0 aliphatic heterocycles. The number of aromatic nitrogens is 3. The predicted molar refractivity (Wildman–Crippen MR) is 60.3 cm³/mol. The molecule has 0 atom stereocenters. The van der Waals surface area contributed by atoms with Gasteiger partial charge < -0.3 is 5.73 Å². The Balaban J connectivity index is 2.54. The molecule has 2 aromatic heterocycles. The third kappa shape index (κ3) is 1.68. The van der Waals surface area contributed by atoms with Gasteiger partial charge >= 0.3 is 0 Å². The van der Waals surface area contributed by atoms with E-state index < -0.39 is 0 Å². The molecule has 0 amide bonds. The van der Waals surface area contributed by atoms with E-state index in [-0.39, 0.29) is 0 Å². The SMILES string of the molecule is Cc1nn(-c2ccc(Cl)cn2)c(C)c1N. The van der Waals surface area contributed by atoms with Gasteiger partial charge in [0.05, 0.1) is 22.1 Å². The summed E-state index contributed by atoms with van der Waals surface area (Å²) in [5, 5.41) is 4.90. The monoisotopic (exact) mass is 222 g/mol. The van der Waals surface area contributed by atoms with E-state index in [2.05, 4.69) is 10.1 Å². The second-order valence-corrected chi connectivity index (χ2v) is 3.77. The molecule has 2 rings (SSSR count). The average Bonchev–Trinajstić information content (AvgIpc) is 2.47. The maximum Gasteiger partial charge on any atom is 0.153 e. The summed E-state index contributed by atoms with van der Waals surface area (Å²) in [6.07, 6.45) is 1.59. The molecule has 2 N–H and O–H groups in total. The highest BCUT2D eigenvalue weighted by atomic mass is 35.5. The van der Waals surface area contributed by atoms with Crippen LogP contribution in [0.4, 0.5) is 5.69 Å². The minimum atomic E-state index is 0.605. The summed E-state index contributed by atoms with van der Waals surface area (Å²) in [6.45, 7) is 3.78. The van der Waals surface area contributed by atoms with Gasteiger partial charge in [-0.15, -0.1) is 0 Å². The first-order valence-corrected chi connectivity index (χ1v) is 4.91. The molecule has 78 valence electrons. The van der Waals surface area contributed by atoms with E-state index in [9.17, 15) is 0 Å². The zero-order chi connectivity index (χ0) is 11.0. The number of nitrogen functional groups attached to an aromatic ring is 1. The van der Waals surface area contributed by atoms with Gasteiger partial charge in [0.1, 0.15) is 0 Å². The summed E-state index contributed by atoms with van der Waals surface area (Å²) in [4.78, 5) is 4.18. The van der Waals surface area contributed by atoms with Gasteiger partial charge in [-0.05, 0) is 26.0 Å². The van der Waals surface area contributed by atoms with Crippen LogP contribution in [0.2, 0.25) is 5.02 Å². The Bertz CT molecular complexity index is 487. The van der Waals surface area contributed by atoms with Crippen molar-refractivity contribution in [3.8, 4) is 5.82 Å². The maximum atomic E-state index is 5.83. The summed E-state index contributed by atoms with van der Waals surface area (Å²) in [6, 6.07) is 3.58. The van der Waals surface area contributed by atoms with Gasteiger partial charge in [-0.2, -0.15) is 5.10 Å². The smallest absolute Gasteiger partial charge is 0.153 e. The van der Waals surface area contributed by atoms with Crippen LogP contribution >= 0.6 is 11.6 Å². The molecule has 0 bridgehead atoms. The van der Waals surface area contributed by atoms with E-state index in [1.54, 1.807) is 23.0 Å². The molecule has 0 fully saturated rings. The number of hydrogen-bond acceptors (Lipinski definition) is 3. The molecule has 0 aliphatic rings. The van der Waals surface area contributed by atoms with Crippen molar-refractivity contribution < 1.29 is 0 Å². The molecule has 0 radical (unpaired) electrons. The molecule has 2 aromatic rings. The molecule has 0 unspecified atom stereocenters. The van der Waals surface area contributed by atoms with Crippen LogP contribution in [0.5, 0.6) is 0 Å². The molecular formula is C10H11ClN4. The molecule has 5 heteroatoms. The van der Waals surface area contributed by atoms with Gasteiger partial charge in [-0.3, -0.25) is 0 Å². The van der Waals surface area contributed by atoms with E-state index in [4.69, 9.17) is 17.3 Å². The van der Waals surface area contributed by atoms with Gasteiger partial charge in [-0.25, -0.2) is 9.67 Å². The Morgan fingerprint density at radius 3 is 2.53 bits per heavy atom. The van der Waals surface area contributed by atoms with Crippen LogP contribution in [0.25, 0.3) is 5.82 Å². The van der Waals surface area contributed by atoms with Gasteiger partial charge in [0.2, 0.25) is 0 Å². The van der Waals surface area contributed by atoms with Crippen LogP contribution in [-0.2, 0) is 0 Å². The lowest BCUT2D eigenvalue weighted by atomic mass is 10.3. The lowest BCUT2D eigenvalue weighted by Gasteiger charge is -2.02. The second kappa shape index (κ2) is 3.55. The Kier molecular flexibility index (Phi) is 2.36. The number of anilines is 1. The van der Waals surface area contributed by atoms with Crippen molar-refractivity contribution in [1.82, 2.24) is 14.8 Å². The van der Waals surface area contributed by atoms with E-state index in [0.717, 1.165) is 17.2 Å². The minimum absolute atomic E-state index is 0.605. The van der Waals surface area contributed by atoms with E-state index >= 15 is 0 Å². The van der Waals surface area contributed by atoms with Gasteiger partial charge in [0.25, 0.3) is 0 Å². The summed E-state index contributed by atoms with van der Waals surface area (Å²) >= 11 is 5.76. The van der Waals surface area contributed by atoms with Crippen LogP contribution in [0.1, 0.15) is 11.4 Å². The summed E-state index contributed by atoms with van der Waals surface area (Å²) < 4.78 is 1.71. The highest BCUT2D eigenvalue weighted by Crippen LogP contribution is 2.18. The van der Waals surface area contributed by atoms with Crippen molar-refractivity contribution in [3.05, 3.63) is 34.7 Å². The fraction of sp³-hybridized carbons (Fsp3) is 0.200. The minimum Gasteiger partial charge on any atom is -0.396 e. The Hall–Kier alpha value is -1.55. The van der Waals surface area contributed by atoms with E-state index in [1.165, 1.54) is 0 Å². The largest absolute Gasteiger partial charge is 0.396 e. The molecule has 0 saturated carbocycles. The number of nitrogens with two attached hydrogens (primary N) is 1. The number of rotatable bonds is 1. The maximum absolute atomic E-state index is 5.83. The quantitative estimate of drug-likeness (QED) is 0.804. The third-order valence-electron chi connectivity index (χ3n) is 2.28. The molecule has 0 spiro atoms. The van der Waals surface area contributed by atoms with Crippen molar-refractivity contribution in [2.24, 2.45) is 0 Å². The van der Waals surface area contributed by atoms with Crippen LogP contribution in [-0.4, -0.2) is 14.8 Å². The summed E-state index contributed by atoms with van der Waals surface area (Å²) in [7, 11) is 0. The van der Waals surface area contributed by atoms with Crippen molar-refractivity contribution in [2.45, 2.75) is 13.8 Å². The molecule has 0 aliphatic carbocycles. The Morgan fingerprint density at radius 1 is 1.33 bits per heavy atom. The summed E-state index contributed by atoms with van der Waals surface area (Å²) in [5.41, 5.74) is 8.23.